The predicted molar refractivity (Wildman–Crippen MR) is 67.3 cm³/mol. The van der Waals surface area contributed by atoms with Crippen molar-refractivity contribution in [2.75, 3.05) is 0 Å². The molecule has 1 aromatic carbocycles. The summed E-state index contributed by atoms with van der Waals surface area (Å²) in [5, 5.41) is 9.77. The molecule has 0 aliphatic carbocycles. The molecular formula is C11H7BrN2O2S. The Labute approximate surface area is 110 Å². The summed E-state index contributed by atoms with van der Waals surface area (Å²) in [6.45, 7) is 0. The second-order valence-electron chi connectivity index (χ2n) is 3.10. The zero-order valence-corrected chi connectivity index (χ0v) is 10.9. The van der Waals surface area contributed by atoms with Crippen LogP contribution in [-0.2, 0) is 0 Å². The minimum atomic E-state index is -0.956. The summed E-state index contributed by atoms with van der Waals surface area (Å²) >= 11 is 4.59. The number of nitrogens with zero attached hydrogens (tertiary/aromatic N) is 2. The minimum Gasteiger partial charge on any atom is -0.478 e. The van der Waals surface area contributed by atoms with Gasteiger partial charge in [-0.25, -0.2) is 14.8 Å². The molecule has 0 fully saturated rings. The second kappa shape index (κ2) is 5.29. The topological polar surface area (TPSA) is 63.1 Å². The summed E-state index contributed by atoms with van der Waals surface area (Å²) in [5.74, 6) is -0.956. The molecule has 1 N–H and O–H groups in total. The number of rotatable bonds is 3. The van der Waals surface area contributed by atoms with E-state index in [4.69, 9.17) is 5.11 Å². The Hall–Kier alpha value is -1.40. The van der Waals surface area contributed by atoms with E-state index in [9.17, 15) is 4.79 Å². The highest BCUT2D eigenvalue weighted by Crippen LogP contribution is 2.29. The normalized spacial score (nSPS) is 10.2. The summed E-state index contributed by atoms with van der Waals surface area (Å²) in [6, 6.07) is 6.93. The average Bonchev–Trinajstić information content (AvgIpc) is 2.32. The van der Waals surface area contributed by atoms with E-state index in [2.05, 4.69) is 25.9 Å². The molecule has 0 saturated carbocycles. The van der Waals surface area contributed by atoms with Crippen molar-refractivity contribution < 1.29 is 9.90 Å². The van der Waals surface area contributed by atoms with Gasteiger partial charge in [-0.3, -0.25) is 0 Å². The third kappa shape index (κ3) is 3.04. The number of aromatic nitrogens is 2. The van der Waals surface area contributed by atoms with Crippen LogP contribution >= 0.6 is 27.7 Å². The van der Waals surface area contributed by atoms with E-state index in [0.29, 0.717) is 4.47 Å². The Morgan fingerprint density at radius 1 is 1.35 bits per heavy atom. The van der Waals surface area contributed by atoms with Crippen LogP contribution in [-0.4, -0.2) is 21.0 Å². The van der Waals surface area contributed by atoms with Crippen molar-refractivity contribution in [3.05, 3.63) is 46.8 Å². The maximum absolute atomic E-state index is 11.0. The lowest BCUT2D eigenvalue weighted by atomic mass is 10.2. The predicted octanol–water partition coefficient (Wildman–Crippen LogP) is 3.09. The standard InChI is InChI=1S/C11H7BrN2O2S/c12-9-2-1-7(5-8(9)11(15)16)17-10-3-4-13-6-14-10/h1-6H,(H,15,16). The average molecular weight is 311 g/mol. The molecule has 0 amide bonds. The molecule has 6 heteroatoms. The lowest BCUT2D eigenvalue weighted by molar-refractivity contribution is 0.0695. The quantitative estimate of drug-likeness (QED) is 0.883. The van der Waals surface area contributed by atoms with Gasteiger partial charge in [-0.1, -0.05) is 11.8 Å². The number of benzene rings is 1. The minimum absolute atomic E-state index is 0.240. The fourth-order valence-corrected chi connectivity index (χ4v) is 2.39. The Morgan fingerprint density at radius 2 is 2.18 bits per heavy atom. The van der Waals surface area contributed by atoms with Crippen LogP contribution in [0.15, 0.2) is 51.2 Å². The van der Waals surface area contributed by atoms with Gasteiger partial charge in [0.1, 0.15) is 11.4 Å². The van der Waals surface area contributed by atoms with Gasteiger partial charge in [0, 0.05) is 15.6 Å². The highest BCUT2D eigenvalue weighted by molar-refractivity contribution is 9.10. The lowest BCUT2D eigenvalue weighted by Crippen LogP contribution is -1.97. The van der Waals surface area contributed by atoms with E-state index >= 15 is 0 Å². The lowest BCUT2D eigenvalue weighted by Gasteiger charge is -2.03. The van der Waals surface area contributed by atoms with Crippen molar-refractivity contribution in [2.45, 2.75) is 9.92 Å². The molecule has 2 aromatic rings. The van der Waals surface area contributed by atoms with Crippen molar-refractivity contribution in [3.63, 3.8) is 0 Å². The zero-order valence-electron chi connectivity index (χ0n) is 8.50. The number of carboxylic acids is 1. The molecule has 0 spiro atoms. The maximum atomic E-state index is 11.0. The largest absolute Gasteiger partial charge is 0.478 e. The van der Waals surface area contributed by atoms with Crippen LogP contribution in [0, 0.1) is 0 Å². The molecule has 2 rings (SSSR count). The Balaban J connectivity index is 2.29. The Bertz CT molecular complexity index is 548. The van der Waals surface area contributed by atoms with E-state index in [1.807, 2.05) is 6.07 Å². The third-order valence-electron chi connectivity index (χ3n) is 1.95. The van der Waals surface area contributed by atoms with Crippen LogP contribution in [0.25, 0.3) is 0 Å². The SMILES string of the molecule is O=C(O)c1cc(Sc2ccncn2)ccc1Br. The van der Waals surface area contributed by atoms with Crippen LogP contribution in [0.3, 0.4) is 0 Å². The molecule has 0 bridgehead atoms. The molecule has 0 aliphatic rings. The van der Waals surface area contributed by atoms with Gasteiger partial charge in [-0.05, 0) is 40.2 Å². The third-order valence-corrected chi connectivity index (χ3v) is 3.58. The van der Waals surface area contributed by atoms with Crippen LogP contribution < -0.4 is 0 Å². The van der Waals surface area contributed by atoms with E-state index in [-0.39, 0.29) is 5.56 Å². The van der Waals surface area contributed by atoms with Crippen molar-refractivity contribution in [3.8, 4) is 0 Å². The van der Waals surface area contributed by atoms with Crippen LogP contribution in [0.2, 0.25) is 0 Å². The first-order valence-corrected chi connectivity index (χ1v) is 6.24. The first-order chi connectivity index (χ1) is 8.16. The van der Waals surface area contributed by atoms with Crippen LogP contribution in [0.4, 0.5) is 0 Å². The van der Waals surface area contributed by atoms with Crippen LogP contribution in [0.5, 0.6) is 0 Å². The number of carbonyl (C=O) groups is 1. The summed E-state index contributed by atoms with van der Waals surface area (Å²) in [7, 11) is 0. The van der Waals surface area contributed by atoms with Crippen molar-refractivity contribution in [1.29, 1.82) is 0 Å². The number of hydrogen-bond acceptors (Lipinski definition) is 4. The van der Waals surface area contributed by atoms with Gasteiger partial charge in [0.15, 0.2) is 0 Å². The summed E-state index contributed by atoms with van der Waals surface area (Å²) in [5.41, 5.74) is 0.240. The van der Waals surface area contributed by atoms with Gasteiger partial charge < -0.3 is 5.11 Å². The van der Waals surface area contributed by atoms with Gasteiger partial charge in [-0.2, -0.15) is 0 Å². The van der Waals surface area contributed by atoms with Gasteiger partial charge in [0.25, 0.3) is 0 Å². The molecule has 17 heavy (non-hydrogen) atoms. The highest BCUT2D eigenvalue weighted by atomic mass is 79.9. The maximum Gasteiger partial charge on any atom is 0.336 e. The van der Waals surface area contributed by atoms with Gasteiger partial charge in [-0.15, -0.1) is 0 Å². The molecule has 0 radical (unpaired) electrons. The summed E-state index contributed by atoms with van der Waals surface area (Å²) in [6.07, 6.45) is 3.10. The number of carboxylic acid groups (broad SMARTS) is 1. The van der Waals surface area contributed by atoms with Crippen molar-refractivity contribution >= 4 is 33.7 Å². The van der Waals surface area contributed by atoms with E-state index in [1.54, 1.807) is 24.4 Å². The monoisotopic (exact) mass is 310 g/mol. The van der Waals surface area contributed by atoms with Gasteiger partial charge in [0.2, 0.25) is 0 Å². The van der Waals surface area contributed by atoms with Crippen molar-refractivity contribution in [2.24, 2.45) is 0 Å². The molecule has 0 saturated heterocycles. The fourth-order valence-electron chi connectivity index (χ4n) is 1.19. The van der Waals surface area contributed by atoms with Gasteiger partial charge in [0.05, 0.1) is 5.56 Å². The second-order valence-corrected chi connectivity index (χ2v) is 5.04. The molecule has 1 heterocycles. The molecule has 4 nitrogen and oxygen atoms in total. The highest BCUT2D eigenvalue weighted by Gasteiger charge is 2.09. The summed E-state index contributed by atoms with van der Waals surface area (Å²) < 4.78 is 0.567. The van der Waals surface area contributed by atoms with E-state index in [1.165, 1.54) is 18.1 Å². The fraction of sp³-hybridized carbons (Fsp3) is 0. The molecule has 86 valence electrons. The van der Waals surface area contributed by atoms with Crippen molar-refractivity contribution in [1.82, 2.24) is 9.97 Å². The Kier molecular flexibility index (Phi) is 3.75. The Morgan fingerprint density at radius 3 is 2.82 bits per heavy atom. The number of aromatic carboxylic acids is 1. The molecular weight excluding hydrogens is 304 g/mol. The molecule has 0 unspecified atom stereocenters. The van der Waals surface area contributed by atoms with Gasteiger partial charge >= 0.3 is 5.97 Å². The van der Waals surface area contributed by atoms with Crippen LogP contribution in [0.1, 0.15) is 10.4 Å². The number of halogens is 1. The summed E-state index contributed by atoms with van der Waals surface area (Å²) in [4.78, 5) is 19.7. The molecule has 0 aliphatic heterocycles. The number of hydrogen-bond donors (Lipinski definition) is 1. The van der Waals surface area contributed by atoms with E-state index in [0.717, 1.165) is 9.92 Å². The van der Waals surface area contributed by atoms with E-state index < -0.39 is 5.97 Å². The molecule has 0 atom stereocenters. The smallest absolute Gasteiger partial charge is 0.336 e. The first kappa shape index (κ1) is 12.1. The first-order valence-electron chi connectivity index (χ1n) is 4.63. The molecule has 1 aromatic heterocycles. The zero-order chi connectivity index (χ0) is 12.3.